The first-order valence-corrected chi connectivity index (χ1v) is 12.3. The first-order valence-electron chi connectivity index (χ1n) is 10.5. The molecule has 0 spiro atoms. The number of para-hydroxylation sites is 1. The van der Waals surface area contributed by atoms with Gasteiger partial charge < -0.3 is 18.6 Å². The first-order chi connectivity index (χ1) is 15.8. The van der Waals surface area contributed by atoms with Crippen molar-refractivity contribution in [3.8, 4) is 17.1 Å². The van der Waals surface area contributed by atoms with Gasteiger partial charge in [0.05, 0.1) is 41.6 Å². The van der Waals surface area contributed by atoms with Crippen molar-refractivity contribution in [2.24, 2.45) is 5.92 Å². The van der Waals surface area contributed by atoms with E-state index >= 15 is 0 Å². The fourth-order valence-corrected chi connectivity index (χ4v) is 4.36. The lowest BCUT2D eigenvalue weighted by molar-refractivity contribution is -0.155. The molecule has 0 radical (unpaired) electrons. The van der Waals surface area contributed by atoms with Crippen LogP contribution in [0.2, 0.25) is 0 Å². The summed E-state index contributed by atoms with van der Waals surface area (Å²) in [6.07, 6.45) is 2.27. The summed E-state index contributed by atoms with van der Waals surface area (Å²) in [5, 5.41) is 0.454. The second-order valence-corrected chi connectivity index (χ2v) is 9.95. The van der Waals surface area contributed by atoms with Crippen molar-refractivity contribution < 1.29 is 31.8 Å². The average molecular weight is 473 g/mol. The van der Waals surface area contributed by atoms with E-state index in [2.05, 4.69) is 0 Å². The monoisotopic (exact) mass is 472 g/mol. The van der Waals surface area contributed by atoms with Gasteiger partial charge in [0, 0.05) is 12.3 Å². The minimum atomic E-state index is -3.47. The van der Waals surface area contributed by atoms with Crippen molar-refractivity contribution in [3.05, 3.63) is 58.8 Å². The second-order valence-electron chi connectivity index (χ2n) is 7.93. The van der Waals surface area contributed by atoms with Crippen molar-refractivity contribution >= 4 is 26.8 Å². The molecule has 1 aliphatic carbocycles. The van der Waals surface area contributed by atoms with Crippen LogP contribution < -0.4 is 10.2 Å². The van der Waals surface area contributed by atoms with Crippen LogP contribution >= 0.6 is 0 Å². The largest absolute Gasteiger partial charge is 0.490 e. The number of benzene rings is 2. The fourth-order valence-electron chi connectivity index (χ4n) is 3.72. The van der Waals surface area contributed by atoms with Gasteiger partial charge in [-0.15, -0.1) is 0 Å². The van der Waals surface area contributed by atoms with Crippen LogP contribution in [0.15, 0.2) is 62.6 Å². The van der Waals surface area contributed by atoms with Crippen LogP contribution in [-0.4, -0.2) is 47.1 Å². The highest BCUT2D eigenvalue weighted by Crippen LogP contribution is 2.34. The van der Waals surface area contributed by atoms with E-state index in [1.807, 2.05) is 0 Å². The third kappa shape index (κ3) is 5.09. The molecule has 0 atom stereocenters. The maximum absolute atomic E-state index is 12.5. The molecule has 0 aliphatic heterocycles. The number of ether oxygens (including phenoxy) is 3. The van der Waals surface area contributed by atoms with Crippen molar-refractivity contribution in [3.63, 3.8) is 0 Å². The molecular weight excluding hydrogens is 448 g/mol. The Bertz CT molecular complexity index is 1340. The maximum Gasteiger partial charge on any atom is 0.308 e. The summed E-state index contributed by atoms with van der Waals surface area (Å²) in [5.74, 6) is 0.176. The van der Waals surface area contributed by atoms with Crippen LogP contribution in [0, 0.1) is 5.92 Å². The van der Waals surface area contributed by atoms with Gasteiger partial charge in [-0.05, 0) is 43.2 Å². The molecule has 4 rings (SSSR count). The normalized spacial score (nSPS) is 18.0. The predicted molar refractivity (Wildman–Crippen MR) is 121 cm³/mol. The average Bonchev–Trinajstić information content (AvgIpc) is 2.76. The number of fused-ring (bicyclic) bond motifs is 1. The third-order valence-electron chi connectivity index (χ3n) is 5.61. The molecule has 0 saturated heterocycles. The summed E-state index contributed by atoms with van der Waals surface area (Å²) in [5.41, 5.74) is 0.671. The summed E-state index contributed by atoms with van der Waals surface area (Å²) >= 11 is 0. The van der Waals surface area contributed by atoms with Crippen molar-refractivity contribution in [2.75, 3.05) is 26.6 Å². The van der Waals surface area contributed by atoms with Crippen molar-refractivity contribution in [1.29, 1.82) is 0 Å². The van der Waals surface area contributed by atoms with Gasteiger partial charge in [-0.1, -0.05) is 12.1 Å². The van der Waals surface area contributed by atoms with Gasteiger partial charge in [-0.25, -0.2) is 8.42 Å². The van der Waals surface area contributed by atoms with Crippen LogP contribution in [0.5, 0.6) is 5.75 Å². The molecule has 0 unspecified atom stereocenters. The molecule has 9 heteroatoms. The second kappa shape index (κ2) is 9.36. The van der Waals surface area contributed by atoms with Crippen molar-refractivity contribution in [2.45, 2.75) is 23.8 Å². The fraction of sp³-hybridized carbons (Fsp3) is 0.333. The molecule has 1 heterocycles. The Morgan fingerprint density at radius 3 is 2.58 bits per heavy atom. The molecular formula is C24H24O8S. The molecule has 8 nitrogen and oxygen atoms in total. The summed E-state index contributed by atoms with van der Waals surface area (Å²) < 4.78 is 46.3. The number of rotatable bonds is 8. The summed E-state index contributed by atoms with van der Waals surface area (Å²) in [6.45, 7) is 0.403. The Balaban J connectivity index is 1.53. The van der Waals surface area contributed by atoms with E-state index < -0.39 is 9.84 Å². The van der Waals surface area contributed by atoms with E-state index in [1.165, 1.54) is 25.3 Å². The molecule has 1 saturated carbocycles. The molecule has 1 aliphatic rings. The number of carbonyl (C=O) groups excluding carboxylic acids is 1. The highest BCUT2D eigenvalue weighted by atomic mass is 32.2. The summed E-state index contributed by atoms with van der Waals surface area (Å²) in [7, 11) is -2.10. The number of sulfone groups is 1. The molecule has 174 valence electrons. The van der Waals surface area contributed by atoms with Gasteiger partial charge in [0.15, 0.2) is 15.3 Å². The van der Waals surface area contributed by atoms with E-state index in [0.29, 0.717) is 29.4 Å². The lowest BCUT2D eigenvalue weighted by atomic mass is 9.82. The zero-order valence-corrected chi connectivity index (χ0v) is 19.1. The topological polar surface area (TPSA) is 109 Å². The summed E-state index contributed by atoms with van der Waals surface area (Å²) in [6, 6.07) is 12.7. The molecule has 33 heavy (non-hydrogen) atoms. The lowest BCUT2D eigenvalue weighted by Crippen LogP contribution is -2.37. The quantitative estimate of drug-likeness (QED) is 0.363. The van der Waals surface area contributed by atoms with Crippen molar-refractivity contribution in [1.82, 2.24) is 0 Å². The smallest absolute Gasteiger partial charge is 0.308 e. The van der Waals surface area contributed by atoms with E-state index in [-0.39, 0.29) is 53.0 Å². The number of methoxy groups -OCH3 is 1. The minimum absolute atomic E-state index is 0.0435. The van der Waals surface area contributed by atoms with Crippen LogP contribution in [0.1, 0.15) is 12.8 Å². The Kier molecular flexibility index (Phi) is 6.53. The highest BCUT2D eigenvalue weighted by Gasteiger charge is 2.35. The minimum Gasteiger partial charge on any atom is -0.490 e. The Hall–Kier alpha value is -3.17. The first kappa shape index (κ1) is 23.0. The SMILES string of the molecule is COC(=O)C1CC(OCCOc2cc(S(C)(=O)=O)ccc2-c2cc(=O)c3ccccc3o2)C1. The summed E-state index contributed by atoms with van der Waals surface area (Å²) in [4.78, 5) is 24.1. The van der Waals surface area contributed by atoms with Gasteiger partial charge in [0.2, 0.25) is 0 Å². The molecule has 3 aromatic rings. The lowest BCUT2D eigenvalue weighted by Gasteiger charge is -2.32. The van der Waals surface area contributed by atoms with E-state index in [4.69, 9.17) is 18.6 Å². The highest BCUT2D eigenvalue weighted by molar-refractivity contribution is 7.90. The Morgan fingerprint density at radius 2 is 1.85 bits per heavy atom. The third-order valence-corrected chi connectivity index (χ3v) is 6.72. The molecule has 0 amide bonds. The number of esters is 1. The number of hydrogen-bond acceptors (Lipinski definition) is 8. The Labute approximate surface area is 191 Å². The van der Waals surface area contributed by atoms with Gasteiger partial charge in [-0.3, -0.25) is 9.59 Å². The predicted octanol–water partition coefficient (Wildman–Crippen LogP) is 3.21. The number of carbonyl (C=O) groups is 1. The molecule has 1 fully saturated rings. The van der Waals surface area contributed by atoms with Gasteiger partial charge in [0.1, 0.15) is 23.7 Å². The van der Waals surface area contributed by atoms with Crippen LogP contribution in [0.4, 0.5) is 0 Å². The van der Waals surface area contributed by atoms with Gasteiger partial charge >= 0.3 is 5.97 Å². The standard InChI is InChI=1S/C24H24O8S/c1-29-24(26)15-11-16(12-15)30-9-10-31-22-13-17(33(2,27)28)7-8-19(22)23-14-20(25)18-5-3-4-6-21(18)32-23/h3-8,13-16H,9-12H2,1-2H3. The molecule has 0 bridgehead atoms. The zero-order chi connectivity index (χ0) is 23.6. The molecule has 2 aromatic carbocycles. The van der Waals surface area contributed by atoms with E-state index in [9.17, 15) is 18.0 Å². The number of hydrogen-bond donors (Lipinski definition) is 0. The van der Waals surface area contributed by atoms with Gasteiger partial charge in [0.25, 0.3) is 0 Å². The van der Waals surface area contributed by atoms with Gasteiger partial charge in [-0.2, -0.15) is 0 Å². The van der Waals surface area contributed by atoms with E-state index in [1.54, 1.807) is 30.3 Å². The zero-order valence-electron chi connectivity index (χ0n) is 18.3. The molecule has 0 N–H and O–H groups in total. The van der Waals surface area contributed by atoms with Crippen LogP contribution in [-0.2, 0) is 24.1 Å². The Morgan fingerprint density at radius 1 is 1.09 bits per heavy atom. The van der Waals surface area contributed by atoms with E-state index in [0.717, 1.165) is 6.26 Å². The van der Waals surface area contributed by atoms with Crippen LogP contribution in [0.25, 0.3) is 22.3 Å². The maximum atomic E-state index is 12.5. The van der Waals surface area contributed by atoms with Crippen LogP contribution in [0.3, 0.4) is 0 Å². The molecule has 1 aromatic heterocycles.